The van der Waals surface area contributed by atoms with Crippen LogP contribution in [0.1, 0.15) is 29.7 Å². The van der Waals surface area contributed by atoms with E-state index in [2.05, 4.69) is 34.6 Å². The van der Waals surface area contributed by atoms with Crippen LogP contribution >= 0.6 is 11.6 Å². The molecule has 1 N–H and O–H groups in total. The Morgan fingerprint density at radius 2 is 1.90 bits per heavy atom. The van der Waals surface area contributed by atoms with Gasteiger partial charge in [-0.15, -0.1) is 0 Å². The number of nitrogens with one attached hydrogen (secondary N) is 1. The summed E-state index contributed by atoms with van der Waals surface area (Å²) in [5.41, 5.74) is 3.21. The third kappa shape index (κ3) is 5.92. The van der Waals surface area contributed by atoms with Crippen molar-refractivity contribution in [3.63, 3.8) is 0 Å². The monoisotopic (exact) mass is 409 g/mol. The fourth-order valence-electron chi connectivity index (χ4n) is 3.04. The van der Waals surface area contributed by atoms with E-state index in [0.717, 1.165) is 24.7 Å². The first kappa shape index (κ1) is 19.7. The van der Waals surface area contributed by atoms with E-state index in [-0.39, 0.29) is 5.56 Å². The van der Waals surface area contributed by atoms with Gasteiger partial charge < -0.3 is 14.6 Å². The molecule has 29 heavy (non-hydrogen) atoms. The van der Waals surface area contributed by atoms with Crippen LogP contribution in [0, 0.1) is 0 Å². The Bertz CT molecular complexity index is 996. The molecule has 0 unspecified atom stereocenters. The van der Waals surface area contributed by atoms with Crippen LogP contribution in [0.25, 0.3) is 0 Å². The van der Waals surface area contributed by atoms with Gasteiger partial charge in [0.1, 0.15) is 12.4 Å². The summed E-state index contributed by atoms with van der Waals surface area (Å²) in [5.74, 6) is 0.538. The lowest BCUT2D eigenvalue weighted by Gasteiger charge is -2.09. The van der Waals surface area contributed by atoms with Crippen molar-refractivity contribution in [1.82, 2.24) is 14.9 Å². The molecule has 0 aliphatic heterocycles. The Hall–Kier alpha value is -2.63. The number of ether oxygens (including phenoxy) is 1. The largest absolute Gasteiger partial charge is 0.487 e. The Morgan fingerprint density at radius 1 is 1.10 bits per heavy atom. The van der Waals surface area contributed by atoms with Crippen LogP contribution in [0.15, 0.2) is 65.7 Å². The number of hydrogen-bond acceptors (Lipinski definition) is 4. The maximum atomic E-state index is 12.4. The van der Waals surface area contributed by atoms with Gasteiger partial charge in [0.25, 0.3) is 5.56 Å². The number of hydrogen-bond donors (Lipinski definition) is 1. The molecule has 0 amide bonds. The van der Waals surface area contributed by atoms with E-state index in [1.807, 2.05) is 6.07 Å². The maximum Gasteiger partial charge on any atom is 0.254 e. The minimum Gasteiger partial charge on any atom is -0.487 e. The fourth-order valence-corrected chi connectivity index (χ4v) is 3.15. The predicted molar refractivity (Wildman–Crippen MR) is 114 cm³/mol. The van der Waals surface area contributed by atoms with Gasteiger partial charge in [-0.1, -0.05) is 35.9 Å². The molecule has 0 saturated heterocycles. The number of halogens is 1. The predicted octanol–water partition coefficient (Wildman–Crippen LogP) is 3.97. The molecule has 3 aromatic rings. The molecule has 1 fully saturated rings. The summed E-state index contributed by atoms with van der Waals surface area (Å²) in [6.07, 6.45) is 6.77. The second-order valence-electron chi connectivity index (χ2n) is 7.37. The molecule has 0 bridgehead atoms. The molecule has 1 saturated carbocycles. The second-order valence-corrected chi connectivity index (χ2v) is 7.81. The van der Waals surface area contributed by atoms with Crippen LogP contribution in [-0.2, 0) is 26.1 Å². The molecule has 0 radical (unpaired) electrons. The molecule has 1 aliphatic rings. The van der Waals surface area contributed by atoms with Gasteiger partial charge >= 0.3 is 0 Å². The smallest absolute Gasteiger partial charge is 0.254 e. The highest BCUT2D eigenvalue weighted by molar-refractivity contribution is 6.30. The molecule has 6 heteroatoms. The Balaban J connectivity index is 1.28. The van der Waals surface area contributed by atoms with Crippen molar-refractivity contribution in [2.75, 3.05) is 0 Å². The lowest BCUT2D eigenvalue weighted by atomic mass is 10.1. The Morgan fingerprint density at radius 3 is 2.59 bits per heavy atom. The maximum absolute atomic E-state index is 12.4. The number of rotatable bonds is 9. The van der Waals surface area contributed by atoms with Crippen LogP contribution < -0.4 is 15.6 Å². The van der Waals surface area contributed by atoms with Crippen LogP contribution in [0.3, 0.4) is 0 Å². The average molecular weight is 410 g/mol. The zero-order valence-corrected chi connectivity index (χ0v) is 16.9. The van der Waals surface area contributed by atoms with Crippen LogP contribution in [0.4, 0.5) is 0 Å². The van der Waals surface area contributed by atoms with Crippen LogP contribution in [0.5, 0.6) is 5.75 Å². The zero-order chi connectivity index (χ0) is 20.1. The summed E-state index contributed by atoms with van der Waals surface area (Å²) in [6, 6.07) is 16.2. The van der Waals surface area contributed by atoms with Gasteiger partial charge in [-0.25, -0.2) is 0 Å². The molecule has 1 aliphatic carbocycles. The van der Waals surface area contributed by atoms with E-state index in [1.165, 1.54) is 30.0 Å². The summed E-state index contributed by atoms with van der Waals surface area (Å²) >= 11 is 5.83. The van der Waals surface area contributed by atoms with Crippen LogP contribution in [0.2, 0.25) is 5.02 Å². The minimum atomic E-state index is -0.0724. The quantitative estimate of drug-likeness (QED) is 0.581. The number of nitrogens with zero attached hydrogens (tertiary/aromatic N) is 2. The topological polar surface area (TPSA) is 56.1 Å². The van der Waals surface area contributed by atoms with Crippen molar-refractivity contribution in [2.24, 2.45) is 0 Å². The summed E-state index contributed by atoms with van der Waals surface area (Å²) < 4.78 is 7.37. The van der Waals surface area contributed by atoms with E-state index < -0.39 is 0 Å². The van der Waals surface area contributed by atoms with Gasteiger partial charge in [0.05, 0.1) is 10.7 Å². The minimum absolute atomic E-state index is 0.0724. The van der Waals surface area contributed by atoms with E-state index in [0.29, 0.717) is 23.9 Å². The van der Waals surface area contributed by atoms with Crippen LogP contribution in [-0.4, -0.2) is 15.6 Å². The molecule has 2 heterocycles. The number of benzene rings is 1. The molecule has 2 aromatic heterocycles. The molecule has 1 aromatic carbocycles. The first-order valence-electron chi connectivity index (χ1n) is 9.91. The molecular weight excluding hydrogens is 386 g/mol. The highest BCUT2D eigenvalue weighted by Crippen LogP contribution is 2.19. The number of aromatic nitrogens is 2. The van der Waals surface area contributed by atoms with Crippen molar-refractivity contribution >= 4 is 11.6 Å². The first-order valence-corrected chi connectivity index (χ1v) is 10.3. The molecule has 0 atom stereocenters. The summed E-state index contributed by atoms with van der Waals surface area (Å²) in [6.45, 7) is 1.86. The fraction of sp³-hybridized carbons (Fsp3) is 0.304. The highest BCUT2D eigenvalue weighted by atomic mass is 35.5. The van der Waals surface area contributed by atoms with Crippen molar-refractivity contribution < 1.29 is 4.74 Å². The molecule has 5 nitrogen and oxygen atoms in total. The van der Waals surface area contributed by atoms with E-state index in [1.54, 1.807) is 29.1 Å². The second kappa shape index (κ2) is 9.25. The first-order chi connectivity index (χ1) is 14.2. The summed E-state index contributed by atoms with van der Waals surface area (Å²) in [5, 5.41) is 4.10. The third-order valence-corrected chi connectivity index (χ3v) is 5.20. The van der Waals surface area contributed by atoms with Gasteiger partial charge in [0.2, 0.25) is 0 Å². The van der Waals surface area contributed by atoms with Gasteiger partial charge in [-0.3, -0.25) is 9.78 Å². The SMILES string of the molecule is O=c1cc(OCc2ccc(Cl)cn2)ccn1CCc1ccc(CNC2CC2)cc1. The standard InChI is InChI=1S/C23H24ClN3O2/c24-19-5-6-21(26-15-19)16-29-22-10-12-27(23(28)13-22)11-9-17-1-3-18(4-2-17)14-25-20-7-8-20/h1-6,10,12-13,15,20,25H,7-9,11,14,16H2. The van der Waals surface area contributed by atoms with Gasteiger partial charge in [-0.2, -0.15) is 0 Å². The lowest BCUT2D eigenvalue weighted by molar-refractivity contribution is 0.300. The van der Waals surface area contributed by atoms with Crippen molar-refractivity contribution in [2.45, 2.75) is 45.0 Å². The number of pyridine rings is 2. The van der Waals surface area contributed by atoms with Gasteiger partial charge in [0.15, 0.2) is 0 Å². The molecular formula is C23H24ClN3O2. The average Bonchev–Trinajstić information content (AvgIpc) is 3.56. The highest BCUT2D eigenvalue weighted by Gasteiger charge is 2.19. The number of aryl methyl sites for hydroxylation is 2. The normalized spacial score (nSPS) is 13.4. The van der Waals surface area contributed by atoms with Crippen molar-refractivity contribution in [3.05, 3.63) is 93.1 Å². The van der Waals surface area contributed by atoms with Crippen molar-refractivity contribution in [3.8, 4) is 5.75 Å². The van der Waals surface area contributed by atoms with Gasteiger partial charge in [-0.05, 0) is 48.6 Å². The summed E-state index contributed by atoms with van der Waals surface area (Å²) in [4.78, 5) is 16.5. The Labute approximate surface area is 175 Å². The molecule has 150 valence electrons. The zero-order valence-electron chi connectivity index (χ0n) is 16.2. The van der Waals surface area contributed by atoms with E-state index >= 15 is 0 Å². The Kier molecular flexibility index (Phi) is 6.27. The molecule has 0 spiro atoms. The van der Waals surface area contributed by atoms with Crippen molar-refractivity contribution in [1.29, 1.82) is 0 Å². The lowest BCUT2D eigenvalue weighted by Crippen LogP contribution is -2.19. The third-order valence-electron chi connectivity index (χ3n) is 4.98. The van der Waals surface area contributed by atoms with E-state index in [9.17, 15) is 4.79 Å². The molecule has 4 rings (SSSR count). The van der Waals surface area contributed by atoms with Gasteiger partial charge in [0, 0.05) is 37.6 Å². The summed E-state index contributed by atoms with van der Waals surface area (Å²) in [7, 11) is 0. The van der Waals surface area contributed by atoms with E-state index in [4.69, 9.17) is 16.3 Å².